The van der Waals surface area contributed by atoms with Crippen molar-refractivity contribution < 1.29 is 9.47 Å². The van der Waals surface area contributed by atoms with Crippen LogP contribution in [0.15, 0.2) is 18.2 Å². The number of nitrogens with zero attached hydrogens (tertiary/aromatic N) is 2. The van der Waals surface area contributed by atoms with E-state index in [-0.39, 0.29) is 6.29 Å². The highest BCUT2D eigenvalue weighted by Gasteiger charge is 2.30. The van der Waals surface area contributed by atoms with Crippen molar-refractivity contribution in [2.75, 3.05) is 18.9 Å². The molecule has 4 rings (SSSR count). The molecule has 2 N–H and O–H groups in total. The van der Waals surface area contributed by atoms with Gasteiger partial charge in [0.15, 0.2) is 0 Å². The minimum Gasteiger partial charge on any atom is -0.399 e. The Morgan fingerprint density at radius 2 is 2.00 bits per heavy atom. The molecule has 0 unspecified atom stereocenters. The highest BCUT2D eigenvalue weighted by molar-refractivity contribution is 5.85. The van der Waals surface area contributed by atoms with Crippen LogP contribution in [0.3, 0.4) is 0 Å². The third-order valence-electron chi connectivity index (χ3n) is 3.50. The minimum absolute atomic E-state index is 0.323. The predicted octanol–water partition coefficient (Wildman–Crippen LogP) is 2.00. The number of hydrogen-bond donors (Lipinski definition) is 1. The van der Waals surface area contributed by atoms with Crippen molar-refractivity contribution in [1.29, 1.82) is 0 Å². The van der Waals surface area contributed by atoms with Gasteiger partial charge in [-0.3, -0.25) is 4.68 Å². The molecule has 1 aliphatic carbocycles. The third-order valence-corrected chi connectivity index (χ3v) is 3.50. The predicted molar refractivity (Wildman–Crippen MR) is 67.1 cm³/mol. The summed E-state index contributed by atoms with van der Waals surface area (Å²) in [7, 11) is 0. The molecule has 2 heterocycles. The van der Waals surface area contributed by atoms with Gasteiger partial charge in [0.2, 0.25) is 6.29 Å². The van der Waals surface area contributed by atoms with Crippen LogP contribution in [0.25, 0.3) is 10.9 Å². The SMILES string of the molecule is Nc1ccc2c(C3OCCO3)nn(C3CC3)c2c1. The quantitative estimate of drug-likeness (QED) is 0.822. The van der Waals surface area contributed by atoms with Gasteiger partial charge in [-0.2, -0.15) is 5.10 Å². The highest BCUT2D eigenvalue weighted by atomic mass is 16.7. The van der Waals surface area contributed by atoms with Gasteiger partial charge in [-0.15, -0.1) is 0 Å². The Kier molecular flexibility index (Phi) is 2.13. The molecule has 0 radical (unpaired) electrons. The second-order valence-corrected chi connectivity index (χ2v) is 4.91. The van der Waals surface area contributed by atoms with E-state index in [0.717, 1.165) is 22.3 Å². The molecule has 5 heteroatoms. The molecule has 2 fully saturated rings. The Bertz CT molecular complexity index is 598. The lowest BCUT2D eigenvalue weighted by Crippen LogP contribution is -2.02. The molecule has 1 saturated heterocycles. The highest BCUT2D eigenvalue weighted by Crippen LogP contribution is 2.39. The Balaban J connectivity index is 1.91. The molecule has 94 valence electrons. The molecule has 2 aliphatic rings. The molecule has 1 aromatic carbocycles. The number of rotatable bonds is 2. The van der Waals surface area contributed by atoms with E-state index >= 15 is 0 Å². The van der Waals surface area contributed by atoms with Gasteiger partial charge in [0.25, 0.3) is 0 Å². The summed E-state index contributed by atoms with van der Waals surface area (Å²) in [6, 6.07) is 6.42. The van der Waals surface area contributed by atoms with E-state index in [4.69, 9.17) is 15.2 Å². The fraction of sp³-hybridized carbons (Fsp3) is 0.462. The van der Waals surface area contributed by atoms with Gasteiger partial charge in [-0.25, -0.2) is 0 Å². The van der Waals surface area contributed by atoms with Crippen LogP contribution in [0.5, 0.6) is 0 Å². The average Bonchev–Trinajstić information content (AvgIpc) is 2.94. The van der Waals surface area contributed by atoms with Gasteiger partial charge in [0.1, 0.15) is 5.69 Å². The zero-order valence-corrected chi connectivity index (χ0v) is 10.0. The molecule has 18 heavy (non-hydrogen) atoms. The molecule has 2 aromatic rings. The van der Waals surface area contributed by atoms with Crippen LogP contribution in [-0.4, -0.2) is 23.0 Å². The van der Waals surface area contributed by atoms with Crippen LogP contribution in [0, 0.1) is 0 Å². The normalized spacial score (nSPS) is 20.9. The van der Waals surface area contributed by atoms with Gasteiger partial charge in [0.05, 0.1) is 24.8 Å². The first-order chi connectivity index (χ1) is 8.83. The summed E-state index contributed by atoms with van der Waals surface area (Å²) >= 11 is 0. The number of fused-ring (bicyclic) bond motifs is 1. The van der Waals surface area contributed by atoms with Gasteiger partial charge in [0, 0.05) is 11.1 Å². The maximum atomic E-state index is 5.87. The Morgan fingerprint density at radius 1 is 1.22 bits per heavy atom. The van der Waals surface area contributed by atoms with Gasteiger partial charge >= 0.3 is 0 Å². The van der Waals surface area contributed by atoms with Crippen LogP contribution < -0.4 is 5.73 Å². The van der Waals surface area contributed by atoms with Crippen molar-refractivity contribution in [3.63, 3.8) is 0 Å². The van der Waals surface area contributed by atoms with E-state index in [0.29, 0.717) is 19.3 Å². The lowest BCUT2D eigenvalue weighted by Gasteiger charge is -2.05. The largest absolute Gasteiger partial charge is 0.399 e. The molecule has 1 aliphatic heterocycles. The maximum Gasteiger partial charge on any atom is 0.203 e. The Hall–Kier alpha value is -1.59. The molecule has 5 nitrogen and oxygen atoms in total. The van der Waals surface area contributed by atoms with Crippen molar-refractivity contribution in [1.82, 2.24) is 9.78 Å². The zero-order chi connectivity index (χ0) is 12.1. The number of nitrogens with two attached hydrogens (primary N) is 1. The molecular weight excluding hydrogens is 230 g/mol. The number of hydrogen-bond acceptors (Lipinski definition) is 4. The number of anilines is 1. The average molecular weight is 245 g/mol. The summed E-state index contributed by atoms with van der Waals surface area (Å²) in [6.45, 7) is 1.27. The lowest BCUT2D eigenvalue weighted by atomic mass is 10.2. The minimum atomic E-state index is -0.323. The van der Waals surface area contributed by atoms with E-state index in [1.807, 2.05) is 18.2 Å². The van der Waals surface area contributed by atoms with E-state index < -0.39 is 0 Å². The number of benzene rings is 1. The molecular formula is C13H15N3O2. The van der Waals surface area contributed by atoms with Crippen LogP contribution in [0.4, 0.5) is 5.69 Å². The first kappa shape index (κ1) is 10.3. The van der Waals surface area contributed by atoms with Crippen LogP contribution in [-0.2, 0) is 9.47 Å². The Labute approximate surface area is 104 Å². The van der Waals surface area contributed by atoms with Crippen molar-refractivity contribution in [3.05, 3.63) is 23.9 Å². The second kappa shape index (κ2) is 3.70. The van der Waals surface area contributed by atoms with Gasteiger partial charge in [-0.05, 0) is 31.0 Å². The van der Waals surface area contributed by atoms with Crippen molar-refractivity contribution in [2.24, 2.45) is 0 Å². The van der Waals surface area contributed by atoms with E-state index in [1.54, 1.807) is 0 Å². The number of ether oxygens (including phenoxy) is 2. The summed E-state index contributed by atoms with van der Waals surface area (Å²) in [5, 5.41) is 5.77. The first-order valence-electron chi connectivity index (χ1n) is 6.34. The monoisotopic (exact) mass is 245 g/mol. The molecule has 0 atom stereocenters. The summed E-state index contributed by atoms with van der Waals surface area (Å²) in [5.41, 5.74) is 8.61. The number of aromatic nitrogens is 2. The van der Waals surface area contributed by atoms with Crippen LogP contribution in [0.1, 0.15) is 30.9 Å². The van der Waals surface area contributed by atoms with E-state index in [1.165, 1.54) is 12.8 Å². The van der Waals surface area contributed by atoms with Gasteiger partial charge < -0.3 is 15.2 Å². The van der Waals surface area contributed by atoms with Crippen LogP contribution in [0.2, 0.25) is 0 Å². The fourth-order valence-electron chi connectivity index (χ4n) is 2.47. The summed E-state index contributed by atoms with van der Waals surface area (Å²) in [5.74, 6) is 0. The molecule has 0 amide bonds. The van der Waals surface area contributed by atoms with Crippen LogP contribution >= 0.6 is 0 Å². The number of nitrogen functional groups attached to an aromatic ring is 1. The van der Waals surface area contributed by atoms with E-state index in [9.17, 15) is 0 Å². The van der Waals surface area contributed by atoms with Crippen molar-refractivity contribution >= 4 is 16.6 Å². The summed E-state index contributed by atoms with van der Waals surface area (Å²) < 4.78 is 13.2. The summed E-state index contributed by atoms with van der Waals surface area (Å²) in [6.07, 6.45) is 2.06. The zero-order valence-electron chi connectivity index (χ0n) is 10.0. The van der Waals surface area contributed by atoms with Gasteiger partial charge in [-0.1, -0.05) is 0 Å². The van der Waals surface area contributed by atoms with E-state index in [2.05, 4.69) is 9.78 Å². The topological polar surface area (TPSA) is 62.3 Å². The Morgan fingerprint density at radius 3 is 2.72 bits per heavy atom. The smallest absolute Gasteiger partial charge is 0.203 e. The maximum absolute atomic E-state index is 5.87. The molecule has 0 bridgehead atoms. The van der Waals surface area contributed by atoms with Crippen molar-refractivity contribution in [3.8, 4) is 0 Å². The first-order valence-corrected chi connectivity index (χ1v) is 6.34. The standard InChI is InChI=1S/C13H15N3O2/c14-8-1-4-10-11(7-8)16(9-2-3-9)15-12(10)13-17-5-6-18-13/h1,4,7,9,13H,2-3,5-6,14H2. The third kappa shape index (κ3) is 1.51. The fourth-order valence-corrected chi connectivity index (χ4v) is 2.47. The lowest BCUT2D eigenvalue weighted by molar-refractivity contribution is -0.0466. The summed E-state index contributed by atoms with van der Waals surface area (Å²) in [4.78, 5) is 0. The second-order valence-electron chi connectivity index (χ2n) is 4.91. The molecule has 1 aromatic heterocycles. The molecule has 1 saturated carbocycles. The van der Waals surface area contributed by atoms with Crippen molar-refractivity contribution in [2.45, 2.75) is 25.2 Å². The molecule has 0 spiro atoms.